The molecule has 0 aliphatic rings. The van der Waals surface area contributed by atoms with Gasteiger partial charge in [-0.15, -0.1) is 0 Å². The summed E-state index contributed by atoms with van der Waals surface area (Å²) in [6, 6.07) is 12.3. The van der Waals surface area contributed by atoms with Crippen molar-refractivity contribution in [2.45, 2.75) is 40.0 Å². The summed E-state index contributed by atoms with van der Waals surface area (Å²) < 4.78 is 32.6. The zero-order valence-electron chi connectivity index (χ0n) is 19.1. The zero-order valence-corrected chi connectivity index (χ0v) is 19.1. The first kappa shape index (κ1) is 24.6. The predicted molar refractivity (Wildman–Crippen MR) is 127 cm³/mol. The van der Waals surface area contributed by atoms with Crippen LogP contribution >= 0.6 is 0 Å². The molecule has 0 aliphatic carbocycles. The predicted octanol–water partition coefficient (Wildman–Crippen LogP) is 6.72. The van der Waals surface area contributed by atoms with Crippen LogP contribution in [0.2, 0.25) is 0 Å². The Morgan fingerprint density at radius 3 is 2.35 bits per heavy atom. The highest BCUT2D eigenvalue weighted by Crippen LogP contribution is 2.27. The number of allylic oxidation sites excluding steroid dienone is 1. The molecule has 3 nitrogen and oxygen atoms in total. The quantitative estimate of drug-likeness (QED) is 0.380. The minimum absolute atomic E-state index is 0.00750. The number of nitrogens with one attached hydrogen (secondary N) is 1. The summed E-state index contributed by atoms with van der Waals surface area (Å²) in [5.41, 5.74) is 3.62. The number of aryl methyl sites for hydroxylation is 1. The van der Waals surface area contributed by atoms with E-state index >= 15 is 0 Å². The molecule has 31 heavy (non-hydrogen) atoms. The molecule has 2 aromatic carbocycles. The van der Waals surface area contributed by atoms with Gasteiger partial charge >= 0.3 is 0 Å². The lowest BCUT2D eigenvalue weighted by Gasteiger charge is -2.19. The average Bonchev–Trinajstić information content (AvgIpc) is 2.75. The van der Waals surface area contributed by atoms with E-state index in [9.17, 15) is 8.78 Å². The first-order valence-electron chi connectivity index (χ1n) is 10.9. The molecule has 0 heterocycles. The maximum absolute atomic E-state index is 13.3. The third kappa shape index (κ3) is 7.83. The number of anilines is 1. The zero-order chi connectivity index (χ0) is 22.9. The summed E-state index contributed by atoms with van der Waals surface area (Å²) in [6.45, 7) is 15.0. The Bertz CT molecular complexity index is 866. The minimum Gasteiger partial charge on any atom is -0.492 e. The lowest BCUT2D eigenvalue weighted by Crippen LogP contribution is -2.28. The molecule has 2 rings (SSSR count). The van der Waals surface area contributed by atoms with Crippen LogP contribution in [0.15, 0.2) is 60.8 Å². The van der Waals surface area contributed by atoms with Gasteiger partial charge in [0, 0.05) is 30.4 Å². The second kappa shape index (κ2) is 11.7. The van der Waals surface area contributed by atoms with Crippen molar-refractivity contribution in [2.75, 3.05) is 31.6 Å². The van der Waals surface area contributed by atoms with Gasteiger partial charge < -0.3 is 15.0 Å². The van der Waals surface area contributed by atoms with Gasteiger partial charge in [0.05, 0.1) is 0 Å². The Morgan fingerprint density at radius 2 is 1.77 bits per heavy atom. The summed E-state index contributed by atoms with van der Waals surface area (Å²) in [6.07, 6.45) is 4.55. The molecule has 0 atom stereocenters. The summed E-state index contributed by atoms with van der Waals surface area (Å²) >= 11 is 0. The highest BCUT2D eigenvalue weighted by molar-refractivity contribution is 5.59. The number of alkyl halides is 2. The van der Waals surface area contributed by atoms with E-state index in [2.05, 4.69) is 43.6 Å². The van der Waals surface area contributed by atoms with E-state index in [4.69, 9.17) is 4.74 Å². The van der Waals surface area contributed by atoms with Gasteiger partial charge in [0.15, 0.2) is 0 Å². The Balaban J connectivity index is 1.95. The topological polar surface area (TPSA) is 24.5 Å². The Labute approximate surface area is 185 Å². The molecule has 0 spiro atoms. The first-order valence-corrected chi connectivity index (χ1v) is 10.9. The molecule has 2 aromatic rings. The highest BCUT2D eigenvalue weighted by atomic mass is 19.3. The van der Waals surface area contributed by atoms with Crippen molar-refractivity contribution in [3.05, 3.63) is 77.5 Å². The standard InChI is InChI=1S/C26H34F2N2O/c1-6-22-19-24(15-16-25(22)31-18-17-30(7-2)8-3)29-20(4)9-10-21-11-13-23(14-12-21)26(5,27)28/h9-16,19,29H,4,6-8,17-18H2,1-3,5H3/b10-9+. The lowest BCUT2D eigenvalue weighted by atomic mass is 10.1. The fourth-order valence-corrected chi connectivity index (χ4v) is 3.21. The van der Waals surface area contributed by atoms with Crippen LogP contribution in [0, 0.1) is 0 Å². The number of hydrogen-bond donors (Lipinski definition) is 1. The van der Waals surface area contributed by atoms with E-state index in [0.29, 0.717) is 12.3 Å². The SMILES string of the molecule is C=C(/C=C/c1ccc(C(C)(F)F)cc1)Nc1ccc(OCCN(CC)CC)c(CC)c1. The van der Waals surface area contributed by atoms with Gasteiger partial charge in [-0.05, 0) is 54.9 Å². The van der Waals surface area contributed by atoms with Crippen LogP contribution in [0.3, 0.4) is 0 Å². The van der Waals surface area contributed by atoms with Gasteiger partial charge in [-0.25, -0.2) is 8.78 Å². The van der Waals surface area contributed by atoms with Crippen LogP contribution in [0.1, 0.15) is 44.4 Å². The van der Waals surface area contributed by atoms with Crippen molar-refractivity contribution in [2.24, 2.45) is 0 Å². The van der Waals surface area contributed by atoms with Gasteiger partial charge in [0.2, 0.25) is 0 Å². The van der Waals surface area contributed by atoms with Gasteiger partial charge in [-0.3, -0.25) is 0 Å². The fraction of sp³-hybridized carbons (Fsp3) is 0.385. The molecule has 0 aliphatic heterocycles. The largest absolute Gasteiger partial charge is 0.492 e. The van der Waals surface area contributed by atoms with Gasteiger partial charge in [0.1, 0.15) is 12.4 Å². The smallest absolute Gasteiger partial charge is 0.270 e. The third-order valence-electron chi connectivity index (χ3n) is 5.20. The molecule has 0 saturated heterocycles. The molecule has 0 radical (unpaired) electrons. The molecule has 0 aromatic heterocycles. The maximum atomic E-state index is 13.3. The van der Waals surface area contributed by atoms with Crippen molar-refractivity contribution in [3.63, 3.8) is 0 Å². The Kier molecular flexibility index (Phi) is 9.25. The molecule has 0 amide bonds. The van der Waals surface area contributed by atoms with Crippen molar-refractivity contribution in [1.82, 2.24) is 4.90 Å². The van der Waals surface area contributed by atoms with E-state index in [1.807, 2.05) is 24.3 Å². The molecular weight excluding hydrogens is 394 g/mol. The summed E-state index contributed by atoms with van der Waals surface area (Å²) in [4.78, 5) is 2.33. The first-order chi connectivity index (χ1) is 14.8. The molecule has 5 heteroatoms. The monoisotopic (exact) mass is 428 g/mol. The molecule has 1 N–H and O–H groups in total. The van der Waals surface area contributed by atoms with Crippen LogP contribution in [-0.4, -0.2) is 31.1 Å². The molecule has 0 saturated carbocycles. The number of likely N-dealkylation sites (N-methyl/N-ethyl adjacent to an activating group) is 1. The molecule has 0 unspecified atom stereocenters. The molecular formula is C26H34F2N2O. The van der Waals surface area contributed by atoms with Gasteiger partial charge in [0.25, 0.3) is 5.92 Å². The maximum Gasteiger partial charge on any atom is 0.270 e. The van der Waals surface area contributed by atoms with E-state index in [0.717, 1.165) is 55.5 Å². The van der Waals surface area contributed by atoms with Gasteiger partial charge in [-0.2, -0.15) is 0 Å². The molecule has 0 bridgehead atoms. The van der Waals surface area contributed by atoms with Crippen LogP contribution in [0.4, 0.5) is 14.5 Å². The number of ether oxygens (including phenoxy) is 1. The Morgan fingerprint density at radius 1 is 1.10 bits per heavy atom. The number of hydrogen-bond acceptors (Lipinski definition) is 3. The second-order valence-corrected chi connectivity index (χ2v) is 7.55. The van der Waals surface area contributed by atoms with E-state index in [-0.39, 0.29) is 5.56 Å². The van der Waals surface area contributed by atoms with Crippen molar-refractivity contribution in [3.8, 4) is 5.75 Å². The number of rotatable bonds is 12. The van der Waals surface area contributed by atoms with Crippen LogP contribution in [-0.2, 0) is 12.3 Å². The number of nitrogens with zero attached hydrogens (tertiary/aromatic N) is 1. The Hall–Kier alpha value is -2.66. The van der Waals surface area contributed by atoms with Crippen LogP contribution < -0.4 is 10.1 Å². The van der Waals surface area contributed by atoms with Crippen molar-refractivity contribution >= 4 is 11.8 Å². The number of benzene rings is 2. The summed E-state index contributed by atoms with van der Waals surface area (Å²) in [5.74, 6) is -1.92. The van der Waals surface area contributed by atoms with E-state index in [1.54, 1.807) is 12.1 Å². The lowest BCUT2D eigenvalue weighted by molar-refractivity contribution is 0.0175. The highest BCUT2D eigenvalue weighted by Gasteiger charge is 2.23. The third-order valence-corrected chi connectivity index (χ3v) is 5.20. The van der Waals surface area contributed by atoms with Crippen molar-refractivity contribution in [1.29, 1.82) is 0 Å². The average molecular weight is 429 g/mol. The number of halogens is 2. The normalized spacial score (nSPS) is 11.8. The summed E-state index contributed by atoms with van der Waals surface area (Å²) in [7, 11) is 0. The van der Waals surface area contributed by atoms with E-state index < -0.39 is 5.92 Å². The van der Waals surface area contributed by atoms with E-state index in [1.165, 1.54) is 12.1 Å². The second-order valence-electron chi connectivity index (χ2n) is 7.55. The van der Waals surface area contributed by atoms with Crippen LogP contribution in [0.25, 0.3) is 6.08 Å². The molecule has 0 fully saturated rings. The van der Waals surface area contributed by atoms with Gasteiger partial charge in [-0.1, -0.05) is 57.7 Å². The summed E-state index contributed by atoms with van der Waals surface area (Å²) in [5, 5.41) is 3.28. The minimum atomic E-state index is -2.83. The fourth-order valence-electron chi connectivity index (χ4n) is 3.21. The van der Waals surface area contributed by atoms with Crippen molar-refractivity contribution < 1.29 is 13.5 Å². The molecule has 168 valence electrons. The van der Waals surface area contributed by atoms with Crippen LogP contribution in [0.5, 0.6) is 5.75 Å².